The van der Waals surface area contributed by atoms with Crippen LogP contribution in [0.3, 0.4) is 0 Å². The quantitative estimate of drug-likeness (QED) is 0.284. The number of ether oxygens (including phenoxy) is 1. The average molecular weight is 372 g/mol. The second-order valence-electron chi connectivity index (χ2n) is 6.42. The summed E-state index contributed by atoms with van der Waals surface area (Å²) in [7, 11) is 1.65. The van der Waals surface area contributed by atoms with Gasteiger partial charge in [-0.1, -0.05) is 36.4 Å². The number of carbonyl (C=O) groups is 1. The zero-order chi connectivity index (χ0) is 19.5. The maximum atomic E-state index is 11.8. The number of carbonyl (C=O) groups excluding carboxylic acids is 1. The van der Waals surface area contributed by atoms with E-state index in [-0.39, 0.29) is 0 Å². The van der Waals surface area contributed by atoms with Crippen molar-refractivity contribution in [2.45, 2.75) is 6.42 Å². The van der Waals surface area contributed by atoms with Crippen LogP contribution in [-0.4, -0.2) is 23.0 Å². The molecule has 0 radical (unpaired) electrons. The first kappa shape index (κ1) is 17.8. The summed E-state index contributed by atoms with van der Waals surface area (Å²) in [5.74, 6) is 5.62. The van der Waals surface area contributed by atoms with Crippen molar-refractivity contribution in [3.05, 3.63) is 83.7 Å². The van der Waals surface area contributed by atoms with Crippen LogP contribution in [0.25, 0.3) is 22.2 Å². The van der Waals surface area contributed by atoms with Crippen molar-refractivity contribution >= 4 is 16.8 Å². The summed E-state index contributed by atoms with van der Waals surface area (Å²) < 4.78 is 5.36. The molecule has 0 spiro atoms. The van der Waals surface area contributed by atoms with Crippen LogP contribution in [0.1, 0.15) is 21.7 Å². The summed E-state index contributed by atoms with van der Waals surface area (Å²) >= 11 is 0. The standard InChI is InChI=1S/C22H20N4O2/c1-28-16-10-11-17-18(12-15-8-5-9-19(24-15)22(27)26-23)21(25-20(17)13-16)14-6-3-2-4-7-14/h2-11,13,25H,12,23H2,1H3,(H,26,27). The first-order valence-corrected chi connectivity index (χ1v) is 8.90. The normalized spacial score (nSPS) is 10.8. The van der Waals surface area contributed by atoms with Crippen LogP contribution in [0.5, 0.6) is 5.75 Å². The number of aromatic amines is 1. The van der Waals surface area contributed by atoms with E-state index in [1.807, 2.05) is 48.5 Å². The molecule has 4 N–H and O–H groups in total. The molecule has 0 unspecified atom stereocenters. The Labute approximate surface area is 162 Å². The van der Waals surface area contributed by atoms with Gasteiger partial charge in [-0.05, 0) is 35.4 Å². The number of methoxy groups -OCH3 is 1. The monoisotopic (exact) mass is 372 g/mol. The van der Waals surface area contributed by atoms with Crippen molar-refractivity contribution in [3.8, 4) is 17.0 Å². The number of rotatable bonds is 5. The Balaban J connectivity index is 1.84. The average Bonchev–Trinajstić information content (AvgIpc) is 3.11. The fraction of sp³-hybridized carbons (Fsp3) is 0.0909. The third kappa shape index (κ3) is 3.33. The van der Waals surface area contributed by atoms with E-state index < -0.39 is 5.91 Å². The Hall–Kier alpha value is -3.64. The molecule has 140 valence electrons. The summed E-state index contributed by atoms with van der Waals surface area (Å²) in [5, 5.41) is 1.09. The zero-order valence-corrected chi connectivity index (χ0v) is 15.4. The minimum Gasteiger partial charge on any atom is -0.497 e. The highest BCUT2D eigenvalue weighted by Crippen LogP contribution is 2.33. The predicted octanol–water partition coefficient (Wildman–Crippen LogP) is 3.43. The van der Waals surface area contributed by atoms with Gasteiger partial charge in [0.15, 0.2) is 0 Å². The molecule has 0 aliphatic rings. The lowest BCUT2D eigenvalue weighted by molar-refractivity contribution is 0.0948. The van der Waals surface area contributed by atoms with Gasteiger partial charge in [-0.15, -0.1) is 0 Å². The van der Waals surface area contributed by atoms with E-state index in [4.69, 9.17) is 10.6 Å². The molecule has 2 aromatic carbocycles. The van der Waals surface area contributed by atoms with Crippen molar-refractivity contribution < 1.29 is 9.53 Å². The fourth-order valence-electron chi connectivity index (χ4n) is 3.36. The van der Waals surface area contributed by atoms with Crippen molar-refractivity contribution in [1.82, 2.24) is 15.4 Å². The van der Waals surface area contributed by atoms with E-state index in [9.17, 15) is 4.79 Å². The molecule has 1 amide bonds. The maximum Gasteiger partial charge on any atom is 0.283 e. The minimum atomic E-state index is -0.409. The number of nitrogens with one attached hydrogen (secondary N) is 2. The van der Waals surface area contributed by atoms with Gasteiger partial charge >= 0.3 is 0 Å². The molecule has 28 heavy (non-hydrogen) atoms. The van der Waals surface area contributed by atoms with Crippen LogP contribution in [0.15, 0.2) is 66.7 Å². The largest absolute Gasteiger partial charge is 0.497 e. The minimum absolute atomic E-state index is 0.294. The molecule has 0 aliphatic heterocycles. The second-order valence-corrected chi connectivity index (χ2v) is 6.42. The number of hydrogen-bond acceptors (Lipinski definition) is 4. The maximum absolute atomic E-state index is 11.8. The number of amides is 1. The molecule has 0 bridgehead atoms. The van der Waals surface area contributed by atoms with E-state index >= 15 is 0 Å². The summed E-state index contributed by atoms with van der Waals surface area (Å²) in [5.41, 5.74) is 7.42. The van der Waals surface area contributed by atoms with Gasteiger partial charge in [-0.2, -0.15) is 0 Å². The summed E-state index contributed by atoms with van der Waals surface area (Å²) in [6.45, 7) is 0. The molecular weight excluding hydrogens is 352 g/mol. The van der Waals surface area contributed by atoms with Crippen molar-refractivity contribution in [2.75, 3.05) is 7.11 Å². The lowest BCUT2D eigenvalue weighted by Crippen LogP contribution is -2.30. The summed E-state index contributed by atoms with van der Waals surface area (Å²) in [6.07, 6.45) is 0.572. The molecule has 6 heteroatoms. The lowest BCUT2D eigenvalue weighted by atomic mass is 10.0. The van der Waals surface area contributed by atoms with E-state index in [1.165, 1.54) is 0 Å². The number of nitrogen functional groups attached to an aromatic ring is 1. The van der Waals surface area contributed by atoms with Crippen LogP contribution in [-0.2, 0) is 6.42 Å². The van der Waals surface area contributed by atoms with Gasteiger partial charge in [0.1, 0.15) is 11.4 Å². The van der Waals surface area contributed by atoms with Crippen LogP contribution < -0.4 is 16.0 Å². The molecule has 4 rings (SSSR count). The van der Waals surface area contributed by atoms with Crippen molar-refractivity contribution in [1.29, 1.82) is 0 Å². The van der Waals surface area contributed by atoms with Gasteiger partial charge < -0.3 is 9.72 Å². The number of hydrogen-bond donors (Lipinski definition) is 3. The number of benzene rings is 2. The lowest BCUT2D eigenvalue weighted by Gasteiger charge is -2.07. The first-order chi connectivity index (χ1) is 13.7. The molecule has 0 aliphatic carbocycles. The van der Waals surface area contributed by atoms with Gasteiger partial charge in [0.25, 0.3) is 5.91 Å². The molecule has 2 aromatic heterocycles. The Morgan fingerprint density at radius 3 is 2.68 bits per heavy atom. The first-order valence-electron chi connectivity index (χ1n) is 8.90. The predicted molar refractivity (Wildman–Crippen MR) is 109 cm³/mol. The van der Waals surface area contributed by atoms with Crippen molar-refractivity contribution in [2.24, 2.45) is 5.84 Å². The Morgan fingerprint density at radius 2 is 1.93 bits per heavy atom. The molecule has 4 aromatic rings. The molecule has 6 nitrogen and oxygen atoms in total. The van der Waals surface area contributed by atoms with Gasteiger partial charge in [0.2, 0.25) is 0 Å². The van der Waals surface area contributed by atoms with Gasteiger partial charge in [-0.25, -0.2) is 10.8 Å². The molecule has 0 saturated heterocycles. The third-order valence-electron chi connectivity index (χ3n) is 4.70. The highest BCUT2D eigenvalue weighted by atomic mass is 16.5. The zero-order valence-electron chi connectivity index (χ0n) is 15.4. The number of fused-ring (bicyclic) bond motifs is 1. The fourth-order valence-corrected chi connectivity index (χ4v) is 3.36. The van der Waals surface area contributed by atoms with E-state index in [2.05, 4.69) is 27.5 Å². The van der Waals surface area contributed by atoms with E-state index in [0.717, 1.165) is 39.2 Å². The molecular formula is C22H20N4O2. The smallest absolute Gasteiger partial charge is 0.283 e. The SMILES string of the molecule is COc1ccc2c(Cc3cccc(C(=O)NN)n3)c(-c3ccccc3)[nH]c2c1. The Bertz CT molecular complexity index is 1140. The highest BCUT2D eigenvalue weighted by molar-refractivity contribution is 5.93. The highest BCUT2D eigenvalue weighted by Gasteiger charge is 2.16. The number of nitrogens with two attached hydrogens (primary N) is 1. The number of H-pyrrole nitrogens is 1. The summed E-state index contributed by atoms with van der Waals surface area (Å²) in [6, 6.07) is 21.5. The van der Waals surface area contributed by atoms with Gasteiger partial charge in [0, 0.05) is 29.1 Å². The van der Waals surface area contributed by atoms with E-state index in [1.54, 1.807) is 13.2 Å². The Kier molecular flexibility index (Phi) is 4.78. The Morgan fingerprint density at radius 1 is 1.11 bits per heavy atom. The molecule has 0 saturated carbocycles. The number of aromatic nitrogens is 2. The molecule has 0 fully saturated rings. The number of pyridine rings is 1. The van der Waals surface area contributed by atoms with Crippen LogP contribution >= 0.6 is 0 Å². The number of hydrazine groups is 1. The second kappa shape index (κ2) is 7.54. The summed E-state index contributed by atoms with van der Waals surface area (Å²) in [4.78, 5) is 19.8. The van der Waals surface area contributed by atoms with Crippen molar-refractivity contribution in [3.63, 3.8) is 0 Å². The van der Waals surface area contributed by atoms with Gasteiger partial charge in [-0.3, -0.25) is 10.2 Å². The third-order valence-corrected chi connectivity index (χ3v) is 4.70. The van der Waals surface area contributed by atoms with Crippen LogP contribution in [0.2, 0.25) is 0 Å². The topological polar surface area (TPSA) is 93.0 Å². The van der Waals surface area contributed by atoms with Gasteiger partial charge in [0.05, 0.1) is 12.8 Å². The molecule has 0 atom stereocenters. The molecule has 2 heterocycles. The number of nitrogens with zero attached hydrogens (tertiary/aromatic N) is 1. The van der Waals surface area contributed by atoms with E-state index in [0.29, 0.717) is 12.1 Å². The van der Waals surface area contributed by atoms with Crippen LogP contribution in [0, 0.1) is 0 Å². The van der Waals surface area contributed by atoms with Crippen LogP contribution in [0.4, 0.5) is 0 Å².